The Balaban J connectivity index is 2.64. The van der Waals surface area contributed by atoms with Crippen LogP contribution in [-0.4, -0.2) is 32.1 Å². The van der Waals surface area contributed by atoms with Crippen molar-refractivity contribution in [1.29, 1.82) is 0 Å². The molecule has 4 nitrogen and oxygen atoms in total. The Labute approximate surface area is 137 Å². The molecule has 0 radical (unpaired) electrons. The van der Waals surface area contributed by atoms with Gasteiger partial charge in [0.25, 0.3) is 6.43 Å². The fraction of sp³-hybridized carbons (Fsp3) is 0.588. The highest BCUT2D eigenvalue weighted by atomic mass is 19.3. The summed E-state index contributed by atoms with van der Waals surface area (Å²) in [4.78, 5) is 3.86. The lowest BCUT2D eigenvalue weighted by molar-refractivity contribution is 0.158. The summed E-state index contributed by atoms with van der Waals surface area (Å²) in [6, 6.07) is 7.70. The third-order valence-electron chi connectivity index (χ3n) is 3.05. The zero-order valence-corrected chi connectivity index (χ0v) is 14.3. The molecule has 0 fully saturated rings. The number of guanidine groups is 1. The summed E-state index contributed by atoms with van der Waals surface area (Å²) in [5.41, 5.74) is 1.03. The van der Waals surface area contributed by atoms with Crippen molar-refractivity contribution >= 4 is 5.96 Å². The van der Waals surface area contributed by atoms with Gasteiger partial charge < -0.3 is 15.4 Å². The summed E-state index contributed by atoms with van der Waals surface area (Å²) in [6.45, 7) is 8.83. The Hall–Kier alpha value is -1.85. The zero-order valence-electron chi connectivity index (χ0n) is 14.3. The molecule has 1 aromatic carbocycles. The normalized spacial score (nSPS) is 13.3. The molecule has 23 heavy (non-hydrogen) atoms. The number of alkyl halides is 2. The number of aliphatic imine (C=N–C) groups is 1. The minimum Gasteiger partial charge on any atom is -0.493 e. The van der Waals surface area contributed by atoms with E-state index in [0.29, 0.717) is 25.0 Å². The topological polar surface area (TPSA) is 45.7 Å². The highest BCUT2D eigenvalue weighted by Gasteiger charge is 2.09. The summed E-state index contributed by atoms with van der Waals surface area (Å²) < 4.78 is 30.2. The van der Waals surface area contributed by atoms with E-state index in [2.05, 4.69) is 29.5 Å². The smallest absolute Gasteiger partial charge is 0.257 e. The second-order valence-electron chi connectivity index (χ2n) is 5.75. The highest BCUT2D eigenvalue weighted by molar-refractivity contribution is 5.80. The number of nitrogens with zero attached hydrogens (tertiary/aromatic N) is 1. The number of rotatable bonds is 8. The average Bonchev–Trinajstić information content (AvgIpc) is 2.51. The summed E-state index contributed by atoms with van der Waals surface area (Å²) in [7, 11) is 0. The Bertz CT molecular complexity index is 475. The molecule has 0 spiro atoms. The molecule has 0 saturated heterocycles. The van der Waals surface area contributed by atoms with Crippen molar-refractivity contribution in [3.8, 4) is 5.75 Å². The monoisotopic (exact) mass is 327 g/mol. The third kappa shape index (κ3) is 7.81. The minimum absolute atomic E-state index is 0.0513. The van der Waals surface area contributed by atoms with Crippen molar-refractivity contribution < 1.29 is 13.5 Å². The van der Waals surface area contributed by atoms with Gasteiger partial charge in [0, 0.05) is 6.54 Å². The maximum atomic E-state index is 12.3. The number of nitrogens with one attached hydrogen (secondary N) is 2. The van der Waals surface area contributed by atoms with Gasteiger partial charge in [0.15, 0.2) is 5.96 Å². The maximum absolute atomic E-state index is 12.3. The largest absolute Gasteiger partial charge is 0.493 e. The van der Waals surface area contributed by atoms with Crippen LogP contribution in [0.15, 0.2) is 29.3 Å². The van der Waals surface area contributed by atoms with E-state index in [0.717, 1.165) is 11.3 Å². The molecule has 0 bridgehead atoms. The van der Waals surface area contributed by atoms with Crippen LogP contribution in [0.4, 0.5) is 8.78 Å². The summed E-state index contributed by atoms with van der Waals surface area (Å²) in [6.07, 6.45) is -2.45. The van der Waals surface area contributed by atoms with Crippen LogP contribution in [0, 0.1) is 5.92 Å². The van der Waals surface area contributed by atoms with Crippen molar-refractivity contribution in [2.75, 3.05) is 19.7 Å². The predicted octanol–water partition coefficient (Wildman–Crippen LogP) is 3.60. The van der Waals surface area contributed by atoms with E-state index in [1.54, 1.807) is 0 Å². The summed E-state index contributed by atoms with van der Waals surface area (Å²) >= 11 is 0. The van der Waals surface area contributed by atoms with Gasteiger partial charge in [-0.1, -0.05) is 26.0 Å². The van der Waals surface area contributed by atoms with Crippen LogP contribution in [0.3, 0.4) is 0 Å². The fourth-order valence-electron chi connectivity index (χ4n) is 1.88. The molecule has 1 atom stereocenters. The first kappa shape index (κ1) is 19.2. The van der Waals surface area contributed by atoms with E-state index in [4.69, 9.17) is 4.74 Å². The standard InChI is InChI=1S/C17H27F2N3O/c1-5-20-17(21-10-16(18)19)22-13(4)14-6-8-15(9-7-14)23-11-12(2)3/h6-9,12-13,16H,5,10-11H2,1-4H3,(H2,20,21,22). The number of benzene rings is 1. The third-order valence-corrected chi connectivity index (χ3v) is 3.05. The lowest BCUT2D eigenvalue weighted by atomic mass is 10.1. The summed E-state index contributed by atoms with van der Waals surface area (Å²) in [5.74, 6) is 1.69. The van der Waals surface area contributed by atoms with E-state index >= 15 is 0 Å². The van der Waals surface area contributed by atoms with Crippen molar-refractivity contribution in [2.24, 2.45) is 10.9 Å². The van der Waals surface area contributed by atoms with Gasteiger partial charge in [-0.25, -0.2) is 13.8 Å². The van der Waals surface area contributed by atoms with Gasteiger partial charge in [-0.3, -0.25) is 0 Å². The van der Waals surface area contributed by atoms with Crippen LogP contribution in [0.1, 0.15) is 39.3 Å². The molecule has 0 saturated carbocycles. The number of hydrogen-bond donors (Lipinski definition) is 2. The fourth-order valence-corrected chi connectivity index (χ4v) is 1.88. The SMILES string of the molecule is CCNC(=NCC(F)F)NC(C)c1ccc(OCC(C)C)cc1. The molecule has 0 heterocycles. The molecule has 6 heteroatoms. The van der Waals surface area contributed by atoms with Crippen LogP contribution in [0.25, 0.3) is 0 Å². The van der Waals surface area contributed by atoms with E-state index in [9.17, 15) is 8.78 Å². The highest BCUT2D eigenvalue weighted by Crippen LogP contribution is 2.18. The lowest BCUT2D eigenvalue weighted by Crippen LogP contribution is -2.39. The van der Waals surface area contributed by atoms with Gasteiger partial charge in [0.1, 0.15) is 12.3 Å². The molecule has 0 aromatic heterocycles. The predicted molar refractivity (Wildman–Crippen MR) is 90.3 cm³/mol. The number of halogens is 2. The molecule has 1 unspecified atom stereocenters. The Morgan fingerprint density at radius 1 is 1.17 bits per heavy atom. The molecule has 1 rings (SSSR count). The quantitative estimate of drug-likeness (QED) is 0.566. The average molecular weight is 327 g/mol. The lowest BCUT2D eigenvalue weighted by Gasteiger charge is -2.18. The van der Waals surface area contributed by atoms with Crippen molar-refractivity contribution in [3.63, 3.8) is 0 Å². The van der Waals surface area contributed by atoms with Gasteiger partial charge in [0.05, 0.1) is 12.6 Å². The number of hydrogen-bond acceptors (Lipinski definition) is 2. The van der Waals surface area contributed by atoms with Gasteiger partial charge in [-0.15, -0.1) is 0 Å². The Morgan fingerprint density at radius 3 is 2.35 bits per heavy atom. The van der Waals surface area contributed by atoms with Crippen LogP contribution < -0.4 is 15.4 Å². The summed E-state index contributed by atoms with van der Waals surface area (Å²) in [5, 5.41) is 6.09. The van der Waals surface area contributed by atoms with E-state index in [1.165, 1.54) is 0 Å². The van der Waals surface area contributed by atoms with E-state index in [1.807, 2.05) is 38.1 Å². The van der Waals surface area contributed by atoms with Crippen LogP contribution in [-0.2, 0) is 0 Å². The maximum Gasteiger partial charge on any atom is 0.257 e. The van der Waals surface area contributed by atoms with Crippen LogP contribution in [0.2, 0.25) is 0 Å². The second kappa shape index (κ2) is 10.0. The molecule has 1 aromatic rings. The zero-order chi connectivity index (χ0) is 17.2. The van der Waals surface area contributed by atoms with Crippen LogP contribution >= 0.6 is 0 Å². The Kier molecular flexibility index (Phi) is 8.37. The van der Waals surface area contributed by atoms with E-state index < -0.39 is 13.0 Å². The van der Waals surface area contributed by atoms with E-state index in [-0.39, 0.29) is 6.04 Å². The molecule has 130 valence electrons. The molecule has 0 aliphatic carbocycles. The second-order valence-corrected chi connectivity index (χ2v) is 5.75. The van der Waals surface area contributed by atoms with Crippen LogP contribution in [0.5, 0.6) is 5.75 Å². The van der Waals surface area contributed by atoms with Crippen molar-refractivity contribution in [2.45, 2.75) is 40.2 Å². The van der Waals surface area contributed by atoms with Crippen molar-refractivity contribution in [1.82, 2.24) is 10.6 Å². The first-order valence-electron chi connectivity index (χ1n) is 7.98. The molecule has 0 amide bonds. The molecular formula is C17H27F2N3O. The molecular weight excluding hydrogens is 300 g/mol. The molecule has 2 N–H and O–H groups in total. The van der Waals surface area contributed by atoms with Gasteiger partial charge in [-0.05, 0) is 37.5 Å². The van der Waals surface area contributed by atoms with Crippen molar-refractivity contribution in [3.05, 3.63) is 29.8 Å². The molecule has 0 aliphatic rings. The Morgan fingerprint density at radius 2 is 1.83 bits per heavy atom. The molecule has 0 aliphatic heterocycles. The first-order chi connectivity index (χ1) is 10.9. The van der Waals surface area contributed by atoms with Gasteiger partial charge in [0.2, 0.25) is 0 Å². The number of ether oxygens (including phenoxy) is 1. The van der Waals surface area contributed by atoms with Gasteiger partial charge in [-0.2, -0.15) is 0 Å². The first-order valence-corrected chi connectivity index (χ1v) is 7.98. The minimum atomic E-state index is -2.45. The van der Waals surface area contributed by atoms with Gasteiger partial charge >= 0.3 is 0 Å².